The number of ether oxygens (including phenoxy) is 3. The van der Waals surface area contributed by atoms with Crippen molar-refractivity contribution in [3.05, 3.63) is 0 Å². The number of rotatable bonds is 19. The van der Waals surface area contributed by atoms with Crippen LogP contribution < -0.4 is 0 Å². The molecule has 7 atom stereocenters. The molecule has 182 valence electrons. The van der Waals surface area contributed by atoms with Crippen LogP contribution >= 0.6 is 0 Å². The number of aliphatic hydroxyl groups is 1. The Kier molecular flexibility index (Phi) is 9.83. The van der Waals surface area contributed by atoms with Gasteiger partial charge >= 0.3 is 0 Å². The number of aliphatic hydroxyl groups excluding tert-OH is 1. The van der Waals surface area contributed by atoms with E-state index in [2.05, 4.69) is 6.92 Å². The van der Waals surface area contributed by atoms with Gasteiger partial charge in [-0.1, -0.05) is 39.0 Å². The summed E-state index contributed by atoms with van der Waals surface area (Å²) in [7, 11) is 0. The van der Waals surface area contributed by atoms with E-state index in [1.807, 2.05) is 0 Å². The molecule has 0 aromatic carbocycles. The maximum absolute atomic E-state index is 12.2. The molecule has 3 aliphatic rings. The number of hydrogen-bond acceptors (Lipinski definition) is 7. The maximum atomic E-state index is 12.2. The van der Waals surface area contributed by atoms with E-state index in [1.54, 1.807) is 0 Å². The van der Waals surface area contributed by atoms with Crippen molar-refractivity contribution in [2.75, 3.05) is 0 Å². The Morgan fingerprint density at radius 2 is 1.31 bits per heavy atom. The van der Waals surface area contributed by atoms with Gasteiger partial charge in [0.25, 0.3) is 0 Å². The van der Waals surface area contributed by atoms with Crippen molar-refractivity contribution < 1.29 is 33.7 Å². The molecule has 3 rings (SSSR count). The fourth-order valence-corrected chi connectivity index (χ4v) is 4.58. The summed E-state index contributed by atoms with van der Waals surface area (Å²) in [5.41, 5.74) is 0. The number of epoxide rings is 3. The first-order valence-electron chi connectivity index (χ1n) is 12.6. The molecule has 0 spiro atoms. The molecule has 3 aliphatic heterocycles. The molecule has 7 nitrogen and oxygen atoms in total. The van der Waals surface area contributed by atoms with Crippen molar-refractivity contribution in [2.45, 2.75) is 140 Å². The lowest BCUT2D eigenvalue weighted by Crippen LogP contribution is -2.19. The zero-order valence-corrected chi connectivity index (χ0v) is 19.6. The zero-order valence-electron chi connectivity index (χ0n) is 19.6. The molecule has 3 fully saturated rings. The predicted octanol–water partition coefficient (Wildman–Crippen LogP) is 3.47. The van der Waals surface area contributed by atoms with Crippen LogP contribution in [0.3, 0.4) is 0 Å². The van der Waals surface area contributed by atoms with Crippen molar-refractivity contribution in [1.82, 2.24) is 0 Å². The molecule has 0 radical (unpaired) electrons. The van der Waals surface area contributed by atoms with Crippen molar-refractivity contribution in [3.63, 3.8) is 0 Å². The van der Waals surface area contributed by atoms with Crippen molar-refractivity contribution in [3.8, 4) is 0 Å². The Morgan fingerprint density at radius 1 is 0.750 bits per heavy atom. The highest BCUT2D eigenvalue weighted by Gasteiger charge is 2.45. The summed E-state index contributed by atoms with van der Waals surface area (Å²) in [6, 6.07) is 0. The standard InChI is InChI=1S/C25H40O7/c1-3-4-6-12-21-24(31-21)18(28)11-7-5-8-13-22-25(32-22)19(29)15-17(27)10-9-14-20-23(30-20)16(2)26/h17,20-25,27H,3-15H2,1-2H3/t17?,20-,21-,22-,23+,24+,25+/m1/s1. The molecular weight excluding hydrogens is 412 g/mol. The lowest BCUT2D eigenvalue weighted by molar-refractivity contribution is -0.122. The van der Waals surface area contributed by atoms with E-state index in [4.69, 9.17) is 14.2 Å². The molecule has 0 bridgehead atoms. The van der Waals surface area contributed by atoms with Crippen LogP contribution in [-0.4, -0.2) is 65.2 Å². The number of ketones is 3. The first-order chi connectivity index (χ1) is 15.4. The number of Topliss-reactive ketones (excluding diaryl/α,β-unsaturated/α-hetero) is 3. The van der Waals surface area contributed by atoms with E-state index in [0.29, 0.717) is 12.8 Å². The molecule has 0 amide bonds. The molecule has 7 heteroatoms. The summed E-state index contributed by atoms with van der Waals surface area (Å²) < 4.78 is 16.3. The largest absolute Gasteiger partial charge is 0.393 e. The van der Waals surface area contributed by atoms with Crippen LogP contribution in [0.15, 0.2) is 0 Å². The molecule has 0 aromatic heterocycles. The number of carbonyl (C=O) groups is 3. The third-order valence-corrected chi connectivity index (χ3v) is 6.75. The maximum Gasteiger partial charge on any atom is 0.166 e. The molecule has 3 saturated heterocycles. The lowest BCUT2D eigenvalue weighted by Gasteiger charge is -2.08. The van der Waals surface area contributed by atoms with Crippen LogP contribution in [0, 0.1) is 0 Å². The van der Waals surface area contributed by atoms with Crippen molar-refractivity contribution >= 4 is 17.3 Å². The predicted molar refractivity (Wildman–Crippen MR) is 118 cm³/mol. The fraction of sp³-hybridized carbons (Fsp3) is 0.880. The smallest absolute Gasteiger partial charge is 0.166 e. The van der Waals surface area contributed by atoms with Gasteiger partial charge in [-0.05, 0) is 45.4 Å². The van der Waals surface area contributed by atoms with E-state index in [9.17, 15) is 19.5 Å². The highest BCUT2D eigenvalue weighted by Crippen LogP contribution is 2.32. The Bertz CT molecular complexity index is 648. The molecule has 32 heavy (non-hydrogen) atoms. The van der Waals surface area contributed by atoms with Gasteiger partial charge in [-0.15, -0.1) is 0 Å². The minimum Gasteiger partial charge on any atom is -0.393 e. The summed E-state index contributed by atoms with van der Waals surface area (Å²) in [5.74, 6) is 0.265. The van der Waals surface area contributed by atoms with Gasteiger partial charge in [-0.2, -0.15) is 0 Å². The topological polar surface area (TPSA) is 109 Å². The summed E-state index contributed by atoms with van der Waals surface area (Å²) in [4.78, 5) is 35.5. The van der Waals surface area contributed by atoms with Gasteiger partial charge < -0.3 is 19.3 Å². The fourth-order valence-electron chi connectivity index (χ4n) is 4.58. The third-order valence-electron chi connectivity index (χ3n) is 6.75. The monoisotopic (exact) mass is 452 g/mol. The van der Waals surface area contributed by atoms with Gasteiger partial charge in [-0.25, -0.2) is 0 Å². The number of carbonyl (C=O) groups excluding carboxylic acids is 3. The third kappa shape index (κ3) is 8.32. The van der Waals surface area contributed by atoms with Gasteiger partial charge in [-0.3, -0.25) is 14.4 Å². The van der Waals surface area contributed by atoms with Crippen molar-refractivity contribution in [2.24, 2.45) is 0 Å². The van der Waals surface area contributed by atoms with Crippen LogP contribution in [0.4, 0.5) is 0 Å². The minimum atomic E-state index is -0.664. The average molecular weight is 453 g/mol. The molecule has 0 aromatic rings. The lowest BCUT2D eigenvalue weighted by atomic mass is 10.0. The molecule has 0 saturated carbocycles. The number of hydrogen-bond donors (Lipinski definition) is 1. The first kappa shape index (κ1) is 25.5. The van der Waals surface area contributed by atoms with E-state index in [0.717, 1.165) is 51.4 Å². The number of unbranched alkanes of at least 4 members (excludes halogenated alkanes) is 4. The normalized spacial score (nSPS) is 31.2. The van der Waals surface area contributed by atoms with Gasteiger partial charge in [0.1, 0.15) is 18.3 Å². The summed E-state index contributed by atoms with van der Waals surface area (Å²) >= 11 is 0. The molecule has 1 unspecified atom stereocenters. The Balaban J connectivity index is 1.14. The molecule has 3 heterocycles. The van der Waals surface area contributed by atoms with E-state index in [-0.39, 0.29) is 60.4 Å². The second-order valence-electron chi connectivity index (χ2n) is 9.71. The van der Waals surface area contributed by atoms with Gasteiger partial charge in [0.05, 0.1) is 24.4 Å². The van der Waals surface area contributed by atoms with Crippen LogP contribution in [-0.2, 0) is 28.6 Å². The quantitative estimate of drug-likeness (QED) is 0.236. The second-order valence-corrected chi connectivity index (χ2v) is 9.71. The van der Waals surface area contributed by atoms with Crippen LogP contribution in [0.5, 0.6) is 0 Å². The summed E-state index contributed by atoms with van der Waals surface area (Å²) in [6.45, 7) is 3.70. The van der Waals surface area contributed by atoms with Crippen LogP contribution in [0.25, 0.3) is 0 Å². The molecule has 1 N–H and O–H groups in total. The van der Waals surface area contributed by atoms with E-state index < -0.39 is 6.10 Å². The van der Waals surface area contributed by atoms with E-state index in [1.165, 1.54) is 19.8 Å². The SMILES string of the molecule is CCCCC[C@H]1O[C@H]1C(=O)CCCCC[C@H]1O[C@H]1C(=O)CC(O)CCC[C@H]1O[C@H]1C(C)=O. The highest BCUT2D eigenvalue weighted by atomic mass is 16.6. The molecule has 0 aliphatic carbocycles. The van der Waals surface area contributed by atoms with Gasteiger partial charge in [0.2, 0.25) is 0 Å². The van der Waals surface area contributed by atoms with Crippen molar-refractivity contribution in [1.29, 1.82) is 0 Å². The second kappa shape index (κ2) is 12.4. The Labute approximate surface area is 191 Å². The minimum absolute atomic E-state index is 0.00846. The molecular formula is C25H40O7. The zero-order chi connectivity index (χ0) is 23.1. The first-order valence-corrected chi connectivity index (χ1v) is 12.6. The average Bonchev–Trinajstić information content (AvgIpc) is 3.61. The highest BCUT2D eigenvalue weighted by molar-refractivity contribution is 5.86. The van der Waals surface area contributed by atoms with E-state index >= 15 is 0 Å². The van der Waals surface area contributed by atoms with Crippen LogP contribution in [0.1, 0.15) is 97.3 Å². The summed E-state index contributed by atoms with van der Waals surface area (Å²) in [6.07, 6.45) is 9.49. The summed E-state index contributed by atoms with van der Waals surface area (Å²) in [5, 5.41) is 10.1. The van der Waals surface area contributed by atoms with Crippen LogP contribution in [0.2, 0.25) is 0 Å². The van der Waals surface area contributed by atoms with Gasteiger partial charge in [0.15, 0.2) is 17.3 Å². The van der Waals surface area contributed by atoms with Gasteiger partial charge in [0, 0.05) is 12.8 Å². The Morgan fingerprint density at radius 3 is 1.94 bits per heavy atom. The Hall–Kier alpha value is -1.15.